The molecule has 3 N–H and O–H groups in total. The lowest BCUT2D eigenvalue weighted by Crippen LogP contribution is -2.10. The van der Waals surface area contributed by atoms with Crippen molar-refractivity contribution in [2.75, 3.05) is 25.1 Å². The third-order valence-electron chi connectivity index (χ3n) is 2.90. The van der Waals surface area contributed by atoms with Crippen molar-refractivity contribution in [1.82, 2.24) is 4.90 Å². The molecule has 2 aromatic rings. The number of hydrogen-bond acceptors (Lipinski definition) is 3. The van der Waals surface area contributed by atoms with E-state index in [1.165, 1.54) is 11.1 Å². The van der Waals surface area contributed by atoms with E-state index in [2.05, 4.69) is 48.6 Å². The van der Waals surface area contributed by atoms with E-state index in [0.29, 0.717) is 0 Å². The van der Waals surface area contributed by atoms with E-state index in [-0.39, 0.29) is 0 Å². The highest BCUT2D eigenvalue weighted by atomic mass is 15.0. The number of hydrogen-bond donors (Lipinski definition) is 2. The van der Waals surface area contributed by atoms with Gasteiger partial charge in [-0.25, -0.2) is 0 Å². The molecule has 0 saturated carbocycles. The van der Waals surface area contributed by atoms with Crippen molar-refractivity contribution >= 4 is 11.4 Å². The van der Waals surface area contributed by atoms with Crippen LogP contribution in [0.1, 0.15) is 11.1 Å². The molecule has 2 aromatic carbocycles. The molecule has 0 atom stereocenters. The summed E-state index contributed by atoms with van der Waals surface area (Å²) in [5, 5.41) is 3.43. The van der Waals surface area contributed by atoms with E-state index in [0.717, 1.165) is 24.5 Å². The fourth-order valence-corrected chi connectivity index (χ4v) is 1.98. The van der Waals surface area contributed by atoms with Crippen molar-refractivity contribution in [2.45, 2.75) is 13.1 Å². The van der Waals surface area contributed by atoms with Crippen molar-refractivity contribution in [3.8, 4) is 0 Å². The monoisotopic (exact) mass is 255 g/mol. The van der Waals surface area contributed by atoms with Crippen LogP contribution in [0.3, 0.4) is 0 Å². The van der Waals surface area contributed by atoms with Crippen LogP contribution >= 0.6 is 0 Å². The molecular weight excluding hydrogens is 234 g/mol. The SMILES string of the molecule is CN(C)Cc1cccc(NCc2ccc(N)cc2)c1. The molecule has 0 fully saturated rings. The van der Waals surface area contributed by atoms with E-state index in [9.17, 15) is 0 Å². The molecule has 0 radical (unpaired) electrons. The third-order valence-corrected chi connectivity index (χ3v) is 2.90. The van der Waals surface area contributed by atoms with Crippen molar-refractivity contribution in [3.05, 3.63) is 59.7 Å². The van der Waals surface area contributed by atoms with Gasteiger partial charge in [0.25, 0.3) is 0 Å². The van der Waals surface area contributed by atoms with Crippen LogP contribution in [0.25, 0.3) is 0 Å². The summed E-state index contributed by atoms with van der Waals surface area (Å²) in [5.74, 6) is 0. The van der Waals surface area contributed by atoms with E-state index >= 15 is 0 Å². The molecule has 0 aliphatic heterocycles. The van der Waals surface area contributed by atoms with Gasteiger partial charge in [0, 0.05) is 24.5 Å². The van der Waals surface area contributed by atoms with E-state index in [4.69, 9.17) is 5.73 Å². The first-order valence-corrected chi connectivity index (χ1v) is 6.45. The van der Waals surface area contributed by atoms with Gasteiger partial charge in [0.05, 0.1) is 0 Å². The minimum absolute atomic E-state index is 0.803. The normalized spacial score (nSPS) is 10.7. The fraction of sp³-hybridized carbons (Fsp3) is 0.250. The number of nitrogen functional groups attached to an aromatic ring is 1. The van der Waals surface area contributed by atoms with Gasteiger partial charge in [-0.3, -0.25) is 0 Å². The number of nitrogens with one attached hydrogen (secondary N) is 1. The quantitative estimate of drug-likeness (QED) is 0.807. The predicted molar refractivity (Wildman–Crippen MR) is 82.0 cm³/mol. The second-order valence-electron chi connectivity index (χ2n) is 5.03. The van der Waals surface area contributed by atoms with E-state index in [1.807, 2.05) is 24.3 Å². The van der Waals surface area contributed by atoms with Crippen molar-refractivity contribution < 1.29 is 0 Å². The topological polar surface area (TPSA) is 41.3 Å². The van der Waals surface area contributed by atoms with Gasteiger partial charge < -0.3 is 16.0 Å². The van der Waals surface area contributed by atoms with Gasteiger partial charge in [-0.15, -0.1) is 0 Å². The summed E-state index contributed by atoms with van der Waals surface area (Å²) < 4.78 is 0. The van der Waals surface area contributed by atoms with Crippen molar-refractivity contribution in [3.63, 3.8) is 0 Å². The summed E-state index contributed by atoms with van der Waals surface area (Å²) >= 11 is 0. The first-order chi connectivity index (χ1) is 9.13. The molecule has 0 aromatic heterocycles. The van der Waals surface area contributed by atoms with Crippen LogP contribution in [0.5, 0.6) is 0 Å². The molecule has 100 valence electrons. The first kappa shape index (κ1) is 13.4. The molecular formula is C16H21N3. The van der Waals surface area contributed by atoms with Gasteiger partial charge in [-0.2, -0.15) is 0 Å². The fourth-order valence-electron chi connectivity index (χ4n) is 1.98. The molecule has 3 nitrogen and oxygen atoms in total. The van der Waals surface area contributed by atoms with Crippen LogP contribution in [0.15, 0.2) is 48.5 Å². The number of anilines is 2. The molecule has 0 amide bonds. The Kier molecular flexibility index (Phi) is 4.42. The summed E-state index contributed by atoms with van der Waals surface area (Å²) in [6, 6.07) is 16.5. The largest absolute Gasteiger partial charge is 0.399 e. The van der Waals surface area contributed by atoms with E-state index in [1.54, 1.807) is 0 Å². The van der Waals surface area contributed by atoms with Gasteiger partial charge in [0.15, 0.2) is 0 Å². The summed E-state index contributed by atoms with van der Waals surface area (Å²) in [4.78, 5) is 2.17. The number of nitrogens with zero attached hydrogens (tertiary/aromatic N) is 1. The maximum Gasteiger partial charge on any atom is 0.0400 e. The molecule has 3 heteroatoms. The van der Waals surface area contributed by atoms with Crippen LogP contribution in [-0.4, -0.2) is 19.0 Å². The van der Waals surface area contributed by atoms with Gasteiger partial charge in [-0.05, 0) is 49.5 Å². The Morgan fingerprint density at radius 1 is 1.00 bits per heavy atom. The lowest BCUT2D eigenvalue weighted by atomic mass is 10.1. The number of nitrogens with two attached hydrogens (primary N) is 1. The highest BCUT2D eigenvalue weighted by Crippen LogP contribution is 2.14. The second-order valence-corrected chi connectivity index (χ2v) is 5.03. The maximum atomic E-state index is 5.68. The second kappa shape index (κ2) is 6.25. The number of benzene rings is 2. The Balaban J connectivity index is 1.97. The Morgan fingerprint density at radius 3 is 2.42 bits per heavy atom. The van der Waals surface area contributed by atoms with Gasteiger partial charge >= 0.3 is 0 Å². The number of rotatable bonds is 5. The smallest absolute Gasteiger partial charge is 0.0400 e. The maximum absolute atomic E-state index is 5.68. The standard InChI is InChI=1S/C16H21N3/c1-19(2)12-14-4-3-5-16(10-14)18-11-13-6-8-15(17)9-7-13/h3-10,18H,11-12,17H2,1-2H3. The van der Waals surface area contributed by atoms with Crippen LogP contribution < -0.4 is 11.1 Å². The molecule has 2 rings (SSSR count). The third kappa shape index (κ3) is 4.30. The molecule has 0 spiro atoms. The van der Waals surface area contributed by atoms with E-state index < -0.39 is 0 Å². The molecule has 0 bridgehead atoms. The average molecular weight is 255 g/mol. The highest BCUT2D eigenvalue weighted by Gasteiger charge is 1.98. The van der Waals surface area contributed by atoms with Crippen LogP contribution in [-0.2, 0) is 13.1 Å². The molecule has 19 heavy (non-hydrogen) atoms. The van der Waals surface area contributed by atoms with Gasteiger partial charge in [0.2, 0.25) is 0 Å². The van der Waals surface area contributed by atoms with Crippen LogP contribution in [0, 0.1) is 0 Å². The van der Waals surface area contributed by atoms with Gasteiger partial charge in [-0.1, -0.05) is 24.3 Å². The summed E-state index contributed by atoms with van der Waals surface area (Å²) in [7, 11) is 4.16. The van der Waals surface area contributed by atoms with Crippen LogP contribution in [0.2, 0.25) is 0 Å². The molecule has 0 saturated heterocycles. The summed E-state index contributed by atoms with van der Waals surface area (Å²) in [6.45, 7) is 1.77. The molecule has 0 unspecified atom stereocenters. The Hall–Kier alpha value is -2.00. The lowest BCUT2D eigenvalue weighted by Gasteiger charge is -2.12. The Morgan fingerprint density at radius 2 is 1.74 bits per heavy atom. The molecule has 0 aliphatic carbocycles. The Labute approximate surface area is 115 Å². The zero-order valence-electron chi connectivity index (χ0n) is 11.6. The zero-order valence-corrected chi connectivity index (χ0v) is 11.6. The first-order valence-electron chi connectivity index (χ1n) is 6.45. The van der Waals surface area contributed by atoms with Crippen LogP contribution in [0.4, 0.5) is 11.4 Å². The Bertz CT molecular complexity index is 518. The van der Waals surface area contributed by atoms with Crippen molar-refractivity contribution in [2.24, 2.45) is 0 Å². The zero-order chi connectivity index (χ0) is 13.7. The van der Waals surface area contributed by atoms with Gasteiger partial charge in [0.1, 0.15) is 0 Å². The predicted octanol–water partition coefficient (Wildman–Crippen LogP) is 2.94. The molecule has 0 heterocycles. The lowest BCUT2D eigenvalue weighted by molar-refractivity contribution is 0.402. The minimum atomic E-state index is 0.803. The minimum Gasteiger partial charge on any atom is -0.399 e. The summed E-state index contributed by atoms with van der Waals surface area (Å²) in [6.07, 6.45) is 0. The highest BCUT2D eigenvalue weighted by molar-refractivity contribution is 5.47. The average Bonchev–Trinajstić information content (AvgIpc) is 2.38. The molecule has 0 aliphatic rings. The van der Waals surface area contributed by atoms with Crippen molar-refractivity contribution in [1.29, 1.82) is 0 Å². The summed E-state index contributed by atoms with van der Waals surface area (Å²) in [5.41, 5.74) is 10.2.